The zero-order valence-corrected chi connectivity index (χ0v) is 11.6. The van der Waals surface area contributed by atoms with Crippen LogP contribution in [0.4, 0.5) is 5.69 Å². The van der Waals surface area contributed by atoms with E-state index >= 15 is 0 Å². The molecule has 17 heavy (non-hydrogen) atoms. The van der Waals surface area contributed by atoms with Gasteiger partial charge in [-0.25, -0.2) is 4.79 Å². The van der Waals surface area contributed by atoms with Gasteiger partial charge in [0.15, 0.2) is 0 Å². The second-order valence-electron chi connectivity index (χ2n) is 5.07. The van der Waals surface area contributed by atoms with Crippen molar-refractivity contribution in [2.75, 3.05) is 11.4 Å². The third-order valence-electron chi connectivity index (χ3n) is 3.34. The summed E-state index contributed by atoms with van der Waals surface area (Å²) in [5, 5.41) is 9.07. The maximum Gasteiger partial charge on any atom is 0.335 e. The molecule has 1 aliphatic heterocycles. The summed E-state index contributed by atoms with van der Waals surface area (Å²) in [6.45, 7) is 5.38. The van der Waals surface area contributed by atoms with E-state index in [9.17, 15) is 4.79 Å². The first-order valence-corrected chi connectivity index (χ1v) is 6.51. The zero-order chi connectivity index (χ0) is 12.6. The fourth-order valence-electron chi connectivity index (χ4n) is 2.44. The van der Waals surface area contributed by atoms with Crippen molar-refractivity contribution in [2.24, 2.45) is 0 Å². The minimum Gasteiger partial charge on any atom is -0.478 e. The topological polar surface area (TPSA) is 40.5 Å². The number of carbonyl (C=O) groups is 1. The Labute approximate surface area is 110 Å². The molecule has 1 heterocycles. The van der Waals surface area contributed by atoms with Gasteiger partial charge in [-0.15, -0.1) is 0 Å². The van der Waals surface area contributed by atoms with Gasteiger partial charge in [0.05, 0.1) is 5.56 Å². The van der Waals surface area contributed by atoms with Gasteiger partial charge < -0.3 is 10.0 Å². The summed E-state index contributed by atoms with van der Waals surface area (Å²) in [6, 6.07) is 5.37. The highest BCUT2D eigenvalue weighted by Crippen LogP contribution is 2.35. The summed E-state index contributed by atoms with van der Waals surface area (Å²) in [4.78, 5) is 13.3. The third-order valence-corrected chi connectivity index (χ3v) is 3.80. The van der Waals surface area contributed by atoms with E-state index in [-0.39, 0.29) is 5.54 Å². The Morgan fingerprint density at radius 1 is 1.41 bits per heavy atom. The van der Waals surface area contributed by atoms with Crippen molar-refractivity contribution in [1.82, 2.24) is 0 Å². The van der Waals surface area contributed by atoms with Crippen LogP contribution in [0.2, 0.25) is 0 Å². The molecule has 3 nitrogen and oxygen atoms in total. The Balaban J connectivity index is 2.42. The molecule has 0 aliphatic carbocycles. The first-order chi connectivity index (χ1) is 7.90. The van der Waals surface area contributed by atoms with Crippen molar-refractivity contribution in [2.45, 2.75) is 32.2 Å². The monoisotopic (exact) mass is 297 g/mol. The summed E-state index contributed by atoms with van der Waals surface area (Å²) in [5.41, 5.74) is 1.42. The van der Waals surface area contributed by atoms with Crippen LogP contribution < -0.4 is 4.90 Å². The molecule has 0 radical (unpaired) electrons. The number of halogens is 1. The lowest BCUT2D eigenvalue weighted by atomic mass is 10.0. The first-order valence-electron chi connectivity index (χ1n) is 5.72. The van der Waals surface area contributed by atoms with Gasteiger partial charge in [-0.2, -0.15) is 0 Å². The van der Waals surface area contributed by atoms with Gasteiger partial charge in [-0.3, -0.25) is 0 Å². The van der Waals surface area contributed by atoms with Crippen LogP contribution in [-0.2, 0) is 0 Å². The number of hydrogen-bond acceptors (Lipinski definition) is 2. The predicted octanol–water partition coefficient (Wildman–Crippen LogP) is 3.53. The quantitative estimate of drug-likeness (QED) is 0.908. The largest absolute Gasteiger partial charge is 0.478 e. The highest BCUT2D eigenvalue weighted by molar-refractivity contribution is 9.10. The number of anilines is 1. The molecule has 1 fully saturated rings. The molecule has 0 aromatic heterocycles. The van der Waals surface area contributed by atoms with Crippen molar-refractivity contribution in [3.8, 4) is 0 Å². The minimum absolute atomic E-state index is 0.108. The number of aromatic carboxylic acids is 1. The van der Waals surface area contributed by atoms with Gasteiger partial charge in [0.1, 0.15) is 0 Å². The lowest BCUT2D eigenvalue weighted by Gasteiger charge is -2.34. The molecule has 0 atom stereocenters. The van der Waals surface area contributed by atoms with E-state index in [4.69, 9.17) is 5.11 Å². The molecule has 0 unspecified atom stereocenters. The third kappa shape index (κ3) is 2.46. The molecule has 0 spiro atoms. The van der Waals surface area contributed by atoms with Gasteiger partial charge in [0.2, 0.25) is 0 Å². The van der Waals surface area contributed by atoms with E-state index in [1.807, 2.05) is 6.07 Å². The fraction of sp³-hybridized carbons (Fsp3) is 0.462. The number of benzene rings is 1. The first kappa shape index (κ1) is 12.4. The number of carboxylic acid groups (broad SMARTS) is 1. The minimum atomic E-state index is -0.885. The van der Waals surface area contributed by atoms with E-state index in [1.54, 1.807) is 12.1 Å². The average Bonchev–Trinajstić information content (AvgIpc) is 2.57. The average molecular weight is 298 g/mol. The molecular formula is C13H16BrNO2. The fourth-order valence-corrected chi connectivity index (χ4v) is 2.92. The Morgan fingerprint density at radius 3 is 2.65 bits per heavy atom. The van der Waals surface area contributed by atoms with Crippen LogP contribution in [-0.4, -0.2) is 23.2 Å². The van der Waals surface area contributed by atoms with Crippen LogP contribution in [0.3, 0.4) is 0 Å². The maximum absolute atomic E-state index is 11.0. The van der Waals surface area contributed by atoms with Crippen LogP contribution >= 0.6 is 15.9 Å². The second kappa shape index (κ2) is 4.33. The van der Waals surface area contributed by atoms with Crippen LogP contribution in [0, 0.1) is 0 Å². The van der Waals surface area contributed by atoms with Crippen LogP contribution in [0.25, 0.3) is 0 Å². The Hall–Kier alpha value is -1.03. The number of nitrogens with zero attached hydrogens (tertiary/aromatic N) is 1. The maximum atomic E-state index is 11.0. The van der Waals surface area contributed by atoms with Gasteiger partial charge in [-0.05, 0) is 44.9 Å². The number of rotatable bonds is 2. The summed E-state index contributed by atoms with van der Waals surface area (Å²) in [6.07, 6.45) is 2.30. The lowest BCUT2D eigenvalue weighted by Crippen LogP contribution is -2.38. The van der Waals surface area contributed by atoms with Crippen LogP contribution in [0.15, 0.2) is 22.7 Å². The predicted molar refractivity (Wildman–Crippen MR) is 71.8 cm³/mol. The van der Waals surface area contributed by atoms with E-state index in [0.29, 0.717) is 5.56 Å². The van der Waals surface area contributed by atoms with E-state index in [0.717, 1.165) is 29.5 Å². The van der Waals surface area contributed by atoms with E-state index in [1.165, 1.54) is 0 Å². The molecule has 1 saturated heterocycles. The SMILES string of the molecule is CC1(C)CCCN1c1cc(Br)cc(C(=O)O)c1. The number of hydrogen-bond donors (Lipinski definition) is 1. The van der Waals surface area contributed by atoms with Crippen molar-refractivity contribution in [1.29, 1.82) is 0 Å². The summed E-state index contributed by atoms with van der Waals surface area (Å²) in [7, 11) is 0. The van der Waals surface area contributed by atoms with Gasteiger partial charge in [0, 0.05) is 22.2 Å². The molecule has 1 aliphatic rings. The highest BCUT2D eigenvalue weighted by atomic mass is 79.9. The molecule has 0 amide bonds. The summed E-state index contributed by atoms with van der Waals surface area (Å²) < 4.78 is 0.815. The Kier molecular flexibility index (Phi) is 3.17. The molecular weight excluding hydrogens is 282 g/mol. The molecule has 1 aromatic rings. The van der Waals surface area contributed by atoms with Crippen molar-refractivity contribution < 1.29 is 9.90 Å². The molecule has 0 saturated carbocycles. The van der Waals surface area contributed by atoms with Gasteiger partial charge in [-0.1, -0.05) is 15.9 Å². The molecule has 0 bridgehead atoms. The van der Waals surface area contributed by atoms with Crippen molar-refractivity contribution >= 4 is 27.6 Å². The zero-order valence-electron chi connectivity index (χ0n) is 10.0. The van der Waals surface area contributed by atoms with Crippen LogP contribution in [0.5, 0.6) is 0 Å². The Bertz CT molecular complexity index is 457. The van der Waals surface area contributed by atoms with Crippen molar-refractivity contribution in [3.63, 3.8) is 0 Å². The van der Waals surface area contributed by atoms with Gasteiger partial charge in [0.25, 0.3) is 0 Å². The normalized spacial score (nSPS) is 18.4. The molecule has 92 valence electrons. The standard InChI is InChI=1S/C13H16BrNO2/c1-13(2)4-3-5-15(13)11-7-9(12(16)17)6-10(14)8-11/h6-8H,3-5H2,1-2H3,(H,16,17). The van der Waals surface area contributed by atoms with Crippen molar-refractivity contribution in [3.05, 3.63) is 28.2 Å². The second-order valence-corrected chi connectivity index (χ2v) is 5.99. The smallest absolute Gasteiger partial charge is 0.335 e. The van der Waals surface area contributed by atoms with E-state index in [2.05, 4.69) is 34.7 Å². The summed E-state index contributed by atoms with van der Waals surface area (Å²) in [5.74, 6) is -0.885. The Morgan fingerprint density at radius 2 is 2.12 bits per heavy atom. The molecule has 1 N–H and O–H groups in total. The summed E-state index contributed by atoms with van der Waals surface area (Å²) >= 11 is 3.38. The molecule has 2 rings (SSSR count). The van der Waals surface area contributed by atoms with E-state index < -0.39 is 5.97 Å². The lowest BCUT2D eigenvalue weighted by molar-refractivity contribution is 0.0697. The molecule has 1 aromatic carbocycles. The highest BCUT2D eigenvalue weighted by Gasteiger charge is 2.32. The molecule has 4 heteroatoms. The van der Waals surface area contributed by atoms with Gasteiger partial charge >= 0.3 is 5.97 Å². The number of carboxylic acids is 1. The van der Waals surface area contributed by atoms with Crippen LogP contribution in [0.1, 0.15) is 37.0 Å².